The summed E-state index contributed by atoms with van der Waals surface area (Å²) in [7, 11) is 4.11. The molecule has 0 radical (unpaired) electrons. The Morgan fingerprint density at radius 3 is 2.88 bits per heavy atom. The second-order valence-electron chi connectivity index (χ2n) is 4.79. The number of aryl methyl sites for hydroxylation is 1. The average Bonchev–Trinajstić information content (AvgIpc) is 2.28. The Labute approximate surface area is 102 Å². The lowest BCUT2D eigenvalue weighted by molar-refractivity contribution is 0.0979. The summed E-state index contributed by atoms with van der Waals surface area (Å²) in [6.07, 6.45) is 0.602. The molecule has 0 aromatic carbocycles. The first-order valence-electron chi connectivity index (χ1n) is 5.98. The molecule has 17 heavy (non-hydrogen) atoms. The first-order chi connectivity index (χ1) is 8.08. The fourth-order valence-corrected chi connectivity index (χ4v) is 2.02. The van der Waals surface area contributed by atoms with Crippen LogP contribution in [-0.4, -0.2) is 49.4 Å². The molecule has 2 heterocycles. The maximum absolute atomic E-state index is 11.8. The highest BCUT2D eigenvalue weighted by Crippen LogP contribution is 2.24. The fourth-order valence-electron chi connectivity index (χ4n) is 2.02. The highest BCUT2D eigenvalue weighted by molar-refractivity contribution is 6.02. The quantitative estimate of drug-likeness (QED) is 0.789. The van der Waals surface area contributed by atoms with Gasteiger partial charge in [0.25, 0.3) is 0 Å². The molecular formula is C13H19N3O. The summed E-state index contributed by atoms with van der Waals surface area (Å²) in [5.74, 6) is 1.08. The standard InChI is InChI=1S/C13H19N3O/c1-10-4-5-11-12(17)6-7-16(13(11)14-10)9-8-15(2)3/h4-5H,6-9H2,1-3H3. The summed E-state index contributed by atoms with van der Waals surface area (Å²) in [6, 6.07) is 3.81. The molecule has 0 saturated heterocycles. The van der Waals surface area contributed by atoms with Crippen molar-refractivity contribution in [1.29, 1.82) is 0 Å². The summed E-state index contributed by atoms with van der Waals surface area (Å²) in [6.45, 7) is 4.65. The first-order valence-corrected chi connectivity index (χ1v) is 5.98. The number of hydrogen-bond acceptors (Lipinski definition) is 4. The van der Waals surface area contributed by atoms with Gasteiger partial charge < -0.3 is 9.80 Å². The molecule has 92 valence electrons. The van der Waals surface area contributed by atoms with Gasteiger partial charge >= 0.3 is 0 Å². The van der Waals surface area contributed by atoms with Gasteiger partial charge in [-0.1, -0.05) is 0 Å². The minimum Gasteiger partial charge on any atom is -0.354 e. The zero-order chi connectivity index (χ0) is 12.4. The van der Waals surface area contributed by atoms with E-state index < -0.39 is 0 Å². The van der Waals surface area contributed by atoms with Crippen LogP contribution in [0.15, 0.2) is 12.1 Å². The number of likely N-dealkylation sites (N-methyl/N-ethyl adjacent to an activating group) is 1. The Kier molecular flexibility index (Phi) is 3.43. The van der Waals surface area contributed by atoms with Gasteiger partial charge in [0.1, 0.15) is 5.82 Å². The van der Waals surface area contributed by atoms with Crippen LogP contribution >= 0.6 is 0 Å². The summed E-state index contributed by atoms with van der Waals surface area (Å²) in [5, 5.41) is 0. The predicted octanol–water partition coefficient (Wildman–Crippen LogP) is 1.34. The summed E-state index contributed by atoms with van der Waals surface area (Å²) < 4.78 is 0. The van der Waals surface area contributed by atoms with Crippen LogP contribution in [0.25, 0.3) is 0 Å². The second kappa shape index (κ2) is 4.84. The van der Waals surface area contributed by atoms with Gasteiger partial charge in [-0.2, -0.15) is 0 Å². The van der Waals surface area contributed by atoms with Crippen LogP contribution in [0, 0.1) is 6.92 Å². The topological polar surface area (TPSA) is 36.4 Å². The van der Waals surface area contributed by atoms with Crippen LogP contribution < -0.4 is 4.90 Å². The van der Waals surface area contributed by atoms with Crippen molar-refractivity contribution in [3.63, 3.8) is 0 Å². The van der Waals surface area contributed by atoms with Gasteiger partial charge in [-0.15, -0.1) is 0 Å². The van der Waals surface area contributed by atoms with Crippen molar-refractivity contribution >= 4 is 11.6 Å². The van der Waals surface area contributed by atoms with Gasteiger partial charge in [0, 0.05) is 31.7 Å². The summed E-state index contributed by atoms with van der Waals surface area (Å²) in [4.78, 5) is 20.7. The van der Waals surface area contributed by atoms with Gasteiger partial charge in [-0.25, -0.2) is 4.98 Å². The van der Waals surface area contributed by atoms with Crippen LogP contribution in [0.2, 0.25) is 0 Å². The van der Waals surface area contributed by atoms with E-state index in [4.69, 9.17) is 0 Å². The number of aromatic nitrogens is 1. The van der Waals surface area contributed by atoms with E-state index in [1.165, 1.54) is 0 Å². The van der Waals surface area contributed by atoms with Crippen molar-refractivity contribution in [2.24, 2.45) is 0 Å². The van der Waals surface area contributed by atoms with Gasteiger partial charge in [0.2, 0.25) is 0 Å². The van der Waals surface area contributed by atoms with Crippen LogP contribution in [-0.2, 0) is 0 Å². The average molecular weight is 233 g/mol. The number of hydrogen-bond donors (Lipinski definition) is 0. The lowest BCUT2D eigenvalue weighted by Crippen LogP contribution is -2.37. The number of fused-ring (bicyclic) bond motifs is 1. The molecule has 4 nitrogen and oxygen atoms in total. The summed E-state index contributed by atoms with van der Waals surface area (Å²) >= 11 is 0. The Morgan fingerprint density at radius 1 is 1.41 bits per heavy atom. The molecule has 0 saturated carbocycles. The van der Waals surface area contributed by atoms with Crippen molar-refractivity contribution in [2.75, 3.05) is 38.6 Å². The molecule has 1 aliphatic rings. The minimum absolute atomic E-state index is 0.216. The zero-order valence-electron chi connectivity index (χ0n) is 10.7. The molecule has 0 N–H and O–H groups in total. The van der Waals surface area contributed by atoms with Crippen molar-refractivity contribution in [3.05, 3.63) is 23.4 Å². The van der Waals surface area contributed by atoms with E-state index in [1.807, 2.05) is 19.1 Å². The molecule has 0 bridgehead atoms. The van der Waals surface area contributed by atoms with Crippen LogP contribution in [0.3, 0.4) is 0 Å². The van der Waals surface area contributed by atoms with Gasteiger partial charge in [-0.3, -0.25) is 4.79 Å². The highest BCUT2D eigenvalue weighted by Gasteiger charge is 2.24. The SMILES string of the molecule is Cc1ccc2c(n1)N(CCN(C)C)CCC2=O. The number of pyridine rings is 1. The van der Waals surface area contributed by atoms with Crippen molar-refractivity contribution in [2.45, 2.75) is 13.3 Å². The molecule has 2 rings (SSSR count). The normalized spacial score (nSPS) is 15.3. The van der Waals surface area contributed by atoms with Gasteiger partial charge in [-0.05, 0) is 33.2 Å². The molecule has 4 heteroatoms. The Bertz CT molecular complexity index is 429. The monoisotopic (exact) mass is 233 g/mol. The number of ketones is 1. The number of carbonyl (C=O) groups excluding carboxylic acids is 1. The predicted molar refractivity (Wildman–Crippen MR) is 68.7 cm³/mol. The maximum Gasteiger partial charge on any atom is 0.168 e. The number of anilines is 1. The van der Waals surface area contributed by atoms with Crippen LogP contribution in [0.4, 0.5) is 5.82 Å². The van der Waals surface area contributed by atoms with Gasteiger partial charge in [0.15, 0.2) is 5.78 Å². The van der Waals surface area contributed by atoms with Gasteiger partial charge in [0.05, 0.1) is 5.56 Å². The first kappa shape index (κ1) is 12.0. The molecule has 1 aromatic heterocycles. The fraction of sp³-hybridized carbons (Fsp3) is 0.538. The van der Waals surface area contributed by atoms with E-state index >= 15 is 0 Å². The third kappa shape index (κ3) is 2.64. The Balaban J connectivity index is 2.24. The van der Waals surface area contributed by atoms with Crippen molar-refractivity contribution < 1.29 is 4.79 Å². The van der Waals surface area contributed by atoms with E-state index in [9.17, 15) is 4.79 Å². The summed E-state index contributed by atoms with van der Waals surface area (Å²) in [5.41, 5.74) is 1.74. The molecule has 0 fully saturated rings. The third-order valence-corrected chi connectivity index (χ3v) is 3.04. The molecule has 1 aromatic rings. The largest absolute Gasteiger partial charge is 0.354 e. The molecule has 0 unspecified atom stereocenters. The molecular weight excluding hydrogens is 214 g/mol. The van der Waals surface area contributed by atoms with E-state index in [0.29, 0.717) is 6.42 Å². The minimum atomic E-state index is 0.216. The highest BCUT2D eigenvalue weighted by atomic mass is 16.1. The third-order valence-electron chi connectivity index (χ3n) is 3.04. The number of Topliss-reactive ketones (excluding diaryl/α,β-unsaturated/α-hetero) is 1. The molecule has 0 amide bonds. The Hall–Kier alpha value is -1.42. The molecule has 1 aliphatic heterocycles. The van der Waals surface area contributed by atoms with E-state index in [0.717, 1.165) is 36.7 Å². The molecule has 0 spiro atoms. The van der Waals surface area contributed by atoms with E-state index in [2.05, 4.69) is 28.9 Å². The number of nitrogens with zero attached hydrogens (tertiary/aromatic N) is 3. The molecule has 0 aliphatic carbocycles. The van der Waals surface area contributed by atoms with Crippen molar-refractivity contribution in [3.8, 4) is 0 Å². The number of carbonyl (C=O) groups is 1. The molecule has 0 atom stereocenters. The maximum atomic E-state index is 11.8. The zero-order valence-corrected chi connectivity index (χ0v) is 10.7. The number of rotatable bonds is 3. The Morgan fingerprint density at radius 2 is 2.18 bits per heavy atom. The second-order valence-corrected chi connectivity index (χ2v) is 4.79. The smallest absolute Gasteiger partial charge is 0.168 e. The van der Waals surface area contributed by atoms with Crippen LogP contribution in [0.1, 0.15) is 22.5 Å². The van der Waals surface area contributed by atoms with Crippen molar-refractivity contribution in [1.82, 2.24) is 9.88 Å². The van der Waals surface area contributed by atoms with E-state index in [-0.39, 0.29) is 5.78 Å². The lowest BCUT2D eigenvalue weighted by atomic mass is 10.0. The van der Waals surface area contributed by atoms with Crippen LogP contribution in [0.5, 0.6) is 0 Å². The van der Waals surface area contributed by atoms with E-state index in [1.54, 1.807) is 0 Å². The lowest BCUT2D eigenvalue weighted by Gasteiger charge is -2.30.